The predicted octanol–water partition coefficient (Wildman–Crippen LogP) is 1.94. The van der Waals surface area contributed by atoms with Crippen molar-refractivity contribution in [2.75, 3.05) is 19.0 Å². The van der Waals surface area contributed by atoms with Crippen LogP contribution in [0.2, 0.25) is 0 Å². The fourth-order valence-corrected chi connectivity index (χ4v) is 2.42. The van der Waals surface area contributed by atoms with Crippen LogP contribution in [-0.4, -0.2) is 25.7 Å². The number of hydrogen-bond donors (Lipinski definition) is 3. The van der Waals surface area contributed by atoms with Crippen LogP contribution in [0.1, 0.15) is 19.3 Å². The Bertz CT molecular complexity index is 436. The Hall–Kier alpha value is -1.75. The van der Waals surface area contributed by atoms with E-state index in [-0.39, 0.29) is 12.1 Å². The third-order valence-electron chi connectivity index (χ3n) is 3.57. The average Bonchev–Trinajstić information content (AvgIpc) is 2.82. The van der Waals surface area contributed by atoms with Gasteiger partial charge in [-0.2, -0.15) is 0 Å². The summed E-state index contributed by atoms with van der Waals surface area (Å²) in [5.41, 5.74) is 6.68. The molecule has 2 rings (SSSR count). The van der Waals surface area contributed by atoms with E-state index in [0.717, 1.165) is 25.0 Å². The highest BCUT2D eigenvalue weighted by Crippen LogP contribution is 2.23. The summed E-state index contributed by atoms with van der Waals surface area (Å²) in [5.74, 6) is 1.12. The highest BCUT2D eigenvalue weighted by molar-refractivity contribution is 5.89. The van der Waals surface area contributed by atoms with Gasteiger partial charge in [-0.15, -0.1) is 0 Å². The Kier molecular flexibility index (Phi) is 4.63. The number of benzene rings is 1. The van der Waals surface area contributed by atoms with Crippen LogP contribution in [-0.2, 0) is 0 Å². The number of carbonyl (C=O) groups is 1. The molecule has 1 aromatic rings. The van der Waals surface area contributed by atoms with Crippen molar-refractivity contribution in [1.29, 1.82) is 0 Å². The molecule has 4 N–H and O–H groups in total. The van der Waals surface area contributed by atoms with Gasteiger partial charge in [0.1, 0.15) is 5.75 Å². The molecule has 0 bridgehead atoms. The number of carbonyl (C=O) groups excluding carboxylic acids is 1. The summed E-state index contributed by atoms with van der Waals surface area (Å²) in [5, 5.41) is 5.65. The number of hydrogen-bond acceptors (Lipinski definition) is 3. The first-order valence-corrected chi connectivity index (χ1v) is 6.63. The Labute approximate surface area is 113 Å². The van der Waals surface area contributed by atoms with Crippen LogP contribution in [0.3, 0.4) is 0 Å². The molecule has 0 aliphatic heterocycles. The first-order chi connectivity index (χ1) is 9.19. The molecule has 5 heteroatoms. The van der Waals surface area contributed by atoms with Gasteiger partial charge in [0.05, 0.1) is 7.11 Å². The zero-order valence-electron chi connectivity index (χ0n) is 11.2. The molecule has 2 atom stereocenters. The van der Waals surface area contributed by atoms with Gasteiger partial charge >= 0.3 is 6.03 Å². The smallest absolute Gasteiger partial charge is 0.319 e. The molecule has 2 amide bonds. The van der Waals surface area contributed by atoms with Gasteiger partial charge < -0.3 is 21.1 Å². The van der Waals surface area contributed by atoms with Crippen LogP contribution in [0.25, 0.3) is 0 Å². The fraction of sp³-hybridized carbons (Fsp3) is 0.500. The summed E-state index contributed by atoms with van der Waals surface area (Å²) in [7, 11) is 1.60. The van der Waals surface area contributed by atoms with Crippen molar-refractivity contribution < 1.29 is 9.53 Å². The molecule has 1 aliphatic rings. The van der Waals surface area contributed by atoms with Crippen LogP contribution in [0.5, 0.6) is 5.75 Å². The van der Waals surface area contributed by atoms with E-state index in [9.17, 15) is 4.79 Å². The van der Waals surface area contributed by atoms with E-state index in [0.29, 0.717) is 18.2 Å². The van der Waals surface area contributed by atoms with Crippen LogP contribution < -0.4 is 21.1 Å². The van der Waals surface area contributed by atoms with Gasteiger partial charge in [0.15, 0.2) is 0 Å². The number of anilines is 1. The van der Waals surface area contributed by atoms with Crippen molar-refractivity contribution in [3.05, 3.63) is 24.3 Å². The Morgan fingerprint density at radius 3 is 3.00 bits per heavy atom. The van der Waals surface area contributed by atoms with E-state index >= 15 is 0 Å². The monoisotopic (exact) mass is 263 g/mol. The molecule has 0 aromatic heterocycles. The number of urea groups is 1. The second-order valence-electron chi connectivity index (χ2n) is 4.92. The summed E-state index contributed by atoms with van der Waals surface area (Å²) in [6, 6.07) is 7.29. The highest BCUT2D eigenvalue weighted by atomic mass is 16.5. The minimum absolute atomic E-state index is 0.202. The maximum Gasteiger partial charge on any atom is 0.319 e. The maximum atomic E-state index is 11.8. The van der Waals surface area contributed by atoms with Crippen molar-refractivity contribution in [2.24, 2.45) is 11.7 Å². The van der Waals surface area contributed by atoms with E-state index in [1.165, 1.54) is 0 Å². The molecule has 0 saturated heterocycles. The standard InChI is InChI=1S/C14H21N3O2/c1-19-12-6-3-5-11(8-12)17-14(18)16-9-10-4-2-7-13(10)15/h3,5-6,8,10,13H,2,4,7,9,15H2,1H3,(H2,16,17,18). The summed E-state index contributed by atoms with van der Waals surface area (Å²) < 4.78 is 5.10. The molecule has 1 saturated carbocycles. The topological polar surface area (TPSA) is 76.4 Å². The molecule has 0 radical (unpaired) electrons. The van der Waals surface area contributed by atoms with E-state index in [1.54, 1.807) is 13.2 Å². The lowest BCUT2D eigenvalue weighted by Gasteiger charge is -2.16. The molecular weight excluding hydrogens is 242 g/mol. The highest BCUT2D eigenvalue weighted by Gasteiger charge is 2.23. The molecule has 1 aromatic carbocycles. The average molecular weight is 263 g/mol. The van der Waals surface area contributed by atoms with Crippen LogP contribution in [0.4, 0.5) is 10.5 Å². The first kappa shape index (κ1) is 13.7. The van der Waals surface area contributed by atoms with Crippen molar-refractivity contribution in [2.45, 2.75) is 25.3 Å². The van der Waals surface area contributed by atoms with Crippen LogP contribution in [0, 0.1) is 5.92 Å². The lowest BCUT2D eigenvalue weighted by Crippen LogP contribution is -2.38. The molecule has 2 unspecified atom stereocenters. The minimum atomic E-state index is -0.202. The molecule has 0 spiro atoms. The Morgan fingerprint density at radius 2 is 2.32 bits per heavy atom. The zero-order chi connectivity index (χ0) is 13.7. The minimum Gasteiger partial charge on any atom is -0.497 e. The van der Waals surface area contributed by atoms with Crippen LogP contribution in [0.15, 0.2) is 24.3 Å². The molecule has 0 heterocycles. The van der Waals surface area contributed by atoms with Gasteiger partial charge in [-0.25, -0.2) is 4.79 Å². The fourth-order valence-electron chi connectivity index (χ4n) is 2.42. The van der Waals surface area contributed by atoms with E-state index in [4.69, 9.17) is 10.5 Å². The maximum absolute atomic E-state index is 11.8. The third kappa shape index (κ3) is 3.86. The third-order valence-corrected chi connectivity index (χ3v) is 3.57. The summed E-state index contributed by atoms with van der Waals surface area (Å²) in [6.45, 7) is 0.636. The lowest BCUT2D eigenvalue weighted by molar-refractivity contribution is 0.249. The van der Waals surface area contributed by atoms with E-state index < -0.39 is 0 Å². The largest absolute Gasteiger partial charge is 0.497 e. The molecule has 1 aliphatic carbocycles. The van der Waals surface area contributed by atoms with Crippen LogP contribution >= 0.6 is 0 Å². The summed E-state index contributed by atoms with van der Waals surface area (Å²) in [6.07, 6.45) is 3.31. The normalized spacial score (nSPS) is 22.0. The summed E-state index contributed by atoms with van der Waals surface area (Å²) >= 11 is 0. The SMILES string of the molecule is COc1cccc(NC(=O)NCC2CCCC2N)c1. The number of nitrogens with two attached hydrogens (primary N) is 1. The molecule has 1 fully saturated rings. The second-order valence-corrected chi connectivity index (χ2v) is 4.92. The first-order valence-electron chi connectivity index (χ1n) is 6.63. The lowest BCUT2D eigenvalue weighted by atomic mass is 10.1. The van der Waals surface area contributed by atoms with Crippen molar-refractivity contribution in [3.8, 4) is 5.75 Å². The number of nitrogens with one attached hydrogen (secondary N) is 2. The van der Waals surface area contributed by atoms with Gasteiger partial charge in [-0.05, 0) is 30.9 Å². The van der Waals surface area contributed by atoms with Gasteiger partial charge in [-0.3, -0.25) is 0 Å². The van der Waals surface area contributed by atoms with Crippen molar-refractivity contribution in [1.82, 2.24) is 5.32 Å². The molecular formula is C14H21N3O2. The zero-order valence-corrected chi connectivity index (χ0v) is 11.2. The number of methoxy groups -OCH3 is 1. The van der Waals surface area contributed by atoms with Gasteiger partial charge in [-0.1, -0.05) is 12.5 Å². The van der Waals surface area contributed by atoms with E-state index in [1.807, 2.05) is 18.2 Å². The second kappa shape index (κ2) is 6.43. The van der Waals surface area contributed by atoms with Crippen molar-refractivity contribution >= 4 is 11.7 Å². The van der Waals surface area contributed by atoms with E-state index in [2.05, 4.69) is 10.6 Å². The number of ether oxygens (including phenoxy) is 1. The van der Waals surface area contributed by atoms with Gasteiger partial charge in [0, 0.05) is 24.3 Å². The van der Waals surface area contributed by atoms with Gasteiger partial charge in [0.25, 0.3) is 0 Å². The Balaban J connectivity index is 1.80. The summed E-state index contributed by atoms with van der Waals surface area (Å²) in [4.78, 5) is 11.8. The predicted molar refractivity (Wildman–Crippen MR) is 75.3 cm³/mol. The molecule has 19 heavy (non-hydrogen) atoms. The molecule has 5 nitrogen and oxygen atoms in total. The van der Waals surface area contributed by atoms with Crippen molar-refractivity contribution in [3.63, 3.8) is 0 Å². The van der Waals surface area contributed by atoms with Gasteiger partial charge in [0.2, 0.25) is 0 Å². The number of rotatable bonds is 4. The number of amides is 2. The molecule has 104 valence electrons. The Morgan fingerprint density at radius 1 is 1.47 bits per heavy atom. The quantitative estimate of drug-likeness (QED) is 0.777.